The first-order chi connectivity index (χ1) is 12.2. The summed E-state index contributed by atoms with van der Waals surface area (Å²) in [7, 11) is 0. The molecule has 0 aliphatic rings. The fourth-order valence-electron chi connectivity index (χ4n) is 2.68. The van der Waals surface area contributed by atoms with Crippen molar-refractivity contribution in [3.05, 3.63) is 42.1 Å². The van der Waals surface area contributed by atoms with Gasteiger partial charge in [0.25, 0.3) is 0 Å². The molecule has 1 unspecified atom stereocenters. The van der Waals surface area contributed by atoms with Crippen molar-refractivity contribution in [2.75, 3.05) is 24.3 Å². The maximum absolute atomic E-state index is 9.22. The van der Waals surface area contributed by atoms with Gasteiger partial charge in [-0.3, -0.25) is 0 Å². The summed E-state index contributed by atoms with van der Waals surface area (Å²) in [6.07, 6.45) is 6.09. The summed E-state index contributed by atoms with van der Waals surface area (Å²) in [5.41, 5.74) is 7.01. The smallest absolute Gasteiger partial charge is 0.222 e. The second-order valence-electron chi connectivity index (χ2n) is 6.02. The third-order valence-corrected chi connectivity index (χ3v) is 3.94. The van der Waals surface area contributed by atoms with Crippen LogP contribution in [0.2, 0.25) is 0 Å². The van der Waals surface area contributed by atoms with Gasteiger partial charge < -0.3 is 20.9 Å². The van der Waals surface area contributed by atoms with Crippen LogP contribution in [0.15, 0.2) is 36.5 Å². The van der Waals surface area contributed by atoms with Crippen molar-refractivity contribution in [1.29, 1.82) is 0 Å². The van der Waals surface area contributed by atoms with Gasteiger partial charge in [0.05, 0.1) is 12.8 Å². The molecule has 0 aliphatic carbocycles. The molecular weight excluding hydrogens is 316 g/mol. The van der Waals surface area contributed by atoms with E-state index in [4.69, 9.17) is 10.5 Å². The van der Waals surface area contributed by atoms with Crippen molar-refractivity contribution in [1.82, 2.24) is 9.97 Å². The highest BCUT2D eigenvalue weighted by Crippen LogP contribution is 2.24. The molecule has 0 amide bonds. The van der Waals surface area contributed by atoms with Crippen molar-refractivity contribution >= 4 is 11.8 Å². The second-order valence-corrected chi connectivity index (χ2v) is 6.02. The van der Waals surface area contributed by atoms with Crippen molar-refractivity contribution in [3.8, 4) is 5.75 Å². The summed E-state index contributed by atoms with van der Waals surface area (Å²) in [6, 6.07) is 10.5. The predicted molar refractivity (Wildman–Crippen MR) is 101 cm³/mol. The number of ether oxygens (including phenoxy) is 1. The van der Waals surface area contributed by atoms with E-state index in [0.29, 0.717) is 24.6 Å². The first-order valence-corrected chi connectivity index (χ1v) is 8.89. The van der Waals surface area contributed by atoms with Gasteiger partial charge in [0.15, 0.2) is 11.6 Å². The maximum Gasteiger partial charge on any atom is 0.222 e. The molecule has 0 saturated carbocycles. The van der Waals surface area contributed by atoms with Gasteiger partial charge in [-0.05, 0) is 31.2 Å². The summed E-state index contributed by atoms with van der Waals surface area (Å²) in [5.74, 6) is 1.40. The number of benzene rings is 1. The minimum Gasteiger partial charge on any atom is -0.488 e. The zero-order valence-electron chi connectivity index (χ0n) is 14.8. The molecule has 4 N–H and O–H groups in total. The highest BCUT2D eigenvalue weighted by atomic mass is 16.5. The van der Waals surface area contributed by atoms with Crippen LogP contribution in [0.4, 0.5) is 11.8 Å². The molecule has 1 aromatic heterocycles. The molecule has 6 heteroatoms. The third-order valence-electron chi connectivity index (χ3n) is 3.94. The number of nitrogen functional groups attached to an aromatic ring is 1. The van der Waals surface area contributed by atoms with Gasteiger partial charge in [0.2, 0.25) is 5.95 Å². The molecule has 6 nitrogen and oxygen atoms in total. The van der Waals surface area contributed by atoms with E-state index in [0.717, 1.165) is 25.7 Å². The average molecular weight is 344 g/mol. The summed E-state index contributed by atoms with van der Waals surface area (Å²) >= 11 is 0. The van der Waals surface area contributed by atoms with E-state index < -0.39 is 0 Å². The molecule has 0 aliphatic heterocycles. The van der Waals surface area contributed by atoms with Crippen LogP contribution in [-0.2, 0) is 6.42 Å². The lowest BCUT2D eigenvalue weighted by molar-refractivity contribution is 0.276. The molecule has 0 saturated heterocycles. The predicted octanol–water partition coefficient (Wildman–Crippen LogP) is 3.03. The number of aliphatic hydroxyl groups excluding tert-OH is 1. The number of nitrogens with two attached hydrogens (primary N) is 1. The SMILES string of the molecule is CCCC(CCO)Nc1nc(N)ncc1OCCCc1ccccc1. The first kappa shape index (κ1) is 19.0. The Labute approximate surface area is 149 Å². The molecule has 1 aromatic carbocycles. The summed E-state index contributed by atoms with van der Waals surface area (Å²) in [4.78, 5) is 8.29. The summed E-state index contributed by atoms with van der Waals surface area (Å²) < 4.78 is 5.87. The molecule has 0 radical (unpaired) electrons. The van der Waals surface area contributed by atoms with Crippen LogP contribution in [0.1, 0.15) is 38.2 Å². The van der Waals surface area contributed by atoms with E-state index in [2.05, 4.69) is 34.3 Å². The second kappa shape index (κ2) is 10.5. The van der Waals surface area contributed by atoms with E-state index in [1.54, 1.807) is 6.20 Å². The van der Waals surface area contributed by atoms with Crippen molar-refractivity contribution in [3.63, 3.8) is 0 Å². The van der Waals surface area contributed by atoms with Gasteiger partial charge in [-0.15, -0.1) is 0 Å². The quantitative estimate of drug-likeness (QED) is 0.543. The Balaban J connectivity index is 1.92. The number of aryl methyl sites for hydroxylation is 1. The monoisotopic (exact) mass is 344 g/mol. The van der Waals surface area contributed by atoms with Crippen LogP contribution in [0.3, 0.4) is 0 Å². The Morgan fingerprint density at radius 3 is 2.76 bits per heavy atom. The minimum atomic E-state index is 0.130. The Morgan fingerprint density at radius 1 is 1.24 bits per heavy atom. The highest BCUT2D eigenvalue weighted by Gasteiger charge is 2.13. The number of nitrogens with zero attached hydrogens (tertiary/aromatic N) is 2. The minimum absolute atomic E-state index is 0.130. The van der Waals surface area contributed by atoms with Gasteiger partial charge in [-0.1, -0.05) is 43.7 Å². The van der Waals surface area contributed by atoms with Crippen LogP contribution >= 0.6 is 0 Å². The standard InChI is InChI=1S/C19H28N4O2/c1-2-7-16(11-12-24)22-18-17(14-21-19(20)23-18)25-13-6-10-15-8-4-3-5-9-15/h3-5,8-9,14,16,24H,2,6-7,10-13H2,1H3,(H3,20,21,22,23). The lowest BCUT2D eigenvalue weighted by atomic mass is 10.1. The van der Waals surface area contributed by atoms with E-state index in [9.17, 15) is 5.11 Å². The summed E-state index contributed by atoms with van der Waals surface area (Å²) in [5, 5.41) is 12.6. The lowest BCUT2D eigenvalue weighted by Crippen LogP contribution is -2.22. The van der Waals surface area contributed by atoms with Gasteiger partial charge in [-0.2, -0.15) is 4.98 Å². The number of hydrogen-bond donors (Lipinski definition) is 3. The van der Waals surface area contributed by atoms with Gasteiger partial charge in [-0.25, -0.2) is 4.98 Å². The summed E-state index contributed by atoms with van der Waals surface area (Å²) in [6.45, 7) is 2.82. The normalized spacial score (nSPS) is 11.9. The van der Waals surface area contributed by atoms with Gasteiger partial charge in [0.1, 0.15) is 0 Å². The maximum atomic E-state index is 9.22. The Bertz CT molecular complexity index is 616. The molecule has 0 spiro atoms. The number of anilines is 2. The zero-order chi connectivity index (χ0) is 17.9. The molecule has 25 heavy (non-hydrogen) atoms. The zero-order valence-corrected chi connectivity index (χ0v) is 14.8. The largest absolute Gasteiger partial charge is 0.488 e. The van der Waals surface area contributed by atoms with Crippen molar-refractivity contribution in [2.24, 2.45) is 0 Å². The van der Waals surface area contributed by atoms with Crippen LogP contribution in [0, 0.1) is 0 Å². The Kier molecular flexibility index (Phi) is 7.98. The van der Waals surface area contributed by atoms with Crippen molar-refractivity contribution < 1.29 is 9.84 Å². The van der Waals surface area contributed by atoms with Crippen LogP contribution < -0.4 is 15.8 Å². The number of hydrogen-bond acceptors (Lipinski definition) is 6. The van der Waals surface area contributed by atoms with E-state index in [1.165, 1.54) is 5.56 Å². The fraction of sp³-hybridized carbons (Fsp3) is 0.474. The third kappa shape index (κ3) is 6.58. The molecule has 2 rings (SSSR count). The molecule has 2 aromatic rings. The molecule has 136 valence electrons. The topological polar surface area (TPSA) is 93.3 Å². The van der Waals surface area contributed by atoms with E-state index in [-0.39, 0.29) is 18.6 Å². The van der Waals surface area contributed by atoms with Crippen molar-refractivity contribution in [2.45, 2.75) is 45.1 Å². The first-order valence-electron chi connectivity index (χ1n) is 8.89. The van der Waals surface area contributed by atoms with E-state index in [1.807, 2.05) is 18.2 Å². The number of rotatable bonds is 11. The number of aromatic nitrogens is 2. The Hall–Kier alpha value is -2.34. The van der Waals surface area contributed by atoms with Crippen LogP contribution in [0.5, 0.6) is 5.75 Å². The van der Waals surface area contributed by atoms with E-state index >= 15 is 0 Å². The number of nitrogens with one attached hydrogen (secondary N) is 1. The molecular formula is C19H28N4O2. The van der Waals surface area contributed by atoms with Gasteiger partial charge >= 0.3 is 0 Å². The Morgan fingerprint density at radius 2 is 2.04 bits per heavy atom. The molecule has 1 atom stereocenters. The average Bonchev–Trinajstić information content (AvgIpc) is 2.61. The van der Waals surface area contributed by atoms with Gasteiger partial charge in [0, 0.05) is 12.6 Å². The molecule has 0 bridgehead atoms. The van der Waals surface area contributed by atoms with Crippen LogP contribution in [0.25, 0.3) is 0 Å². The lowest BCUT2D eigenvalue weighted by Gasteiger charge is -2.19. The van der Waals surface area contributed by atoms with Crippen LogP contribution in [-0.4, -0.2) is 34.3 Å². The molecule has 0 fully saturated rings. The fourth-order valence-corrected chi connectivity index (χ4v) is 2.68. The number of aliphatic hydroxyl groups is 1. The highest BCUT2D eigenvalue weighted by molar-refractivity contribution is 5.51. The molecule has 1 heterocycles.